The Morgan fingerprint density at radius 3 is 2.58 bits per heavy atom. The second-order valence-corrected chi connectivity index (χ2v) is 7.88. The molecule has 2 aromatic heterocycles. The molecule has 1 aromatic carbocycles. The van der Waals surface area contributed by atoms with Gasteiger partial charge >= 0.3 is 5.69 Å². The van der Waals surface area contributed by atoms with Crippen molar-refractivity contribution in [3.8, 4) is 5.75 Å². The van der Waals surface area contributed by atoms with E-state index < -0.39 is 17.4 Å². The first-order valence-corrected chi connectivity index (χ1v) is 10.1. The largest absolute Gasteiger partial charge is 0.491 e. The monoisotopic (exact) mass is 430 g/mol. The maximum atomic E-state index is 12.9. The van der Waals surface area contributed by atoms with Crippen LogP contribution in [0, 0.1) is 6.92 Å². The molecule has 0 aliphatic rings. The van der Waals surface area contributed by atoms with E-state index in [0.29, 0.717) is 18.2 Å². The van der Waals surface area contributed by atoms with Crippen LogP contribution in [0.4, 0.5) is 5.95 Å². The van der Waals surface area contributed by atoms with E-state index in [-0.39, 0.29) is 24.3 Å². The normalized spacial score (nSPS) is 12.5. The first kappa shape index (κ1) is 22.6. The zero-order chi connectivity index (χ0) is 22.7. The molecular weight excluding hydrogens is 400 g/mol. The van der Waals surface area contributed by atoms with Gasteiger partial charge in [0.25, 0.3) is 5.56 Å². The number of benzene rings is 1. The SMILES string of the molecule is Cc1ccccc1OC[C@H](O)Cn1c(NCCN(C)C)nc2c1c(=O)n(C)c(=O)n2C. The highest BCUT2D eigenvalue weighted by Crippen LogP contribution is 2.18. The van der Waals surface area contributed by atoms with E-state index in [4.69, 9.17) is 4.74 Å². The van der Waals surface area contributed by atoms with Gasteiger partial charge < -0.3 is 24.6 Å². The third-order valence-corrected chi connectivity index (χ3v) is 5.11. The van der Waals surface area contributed by atoms with Crippen LogP contribution in [0.5, 0.6) is 5.75 Å². The van der Waals surface area contributed by atoms with E-state index in [1.54, 1.807) is 11.6 Å². The molecule has 0 radical (unpaired) electrons. The minimum Gasteiger partial charge on any atom is -0.491 e. The molecule has 0 aliphatic heterocycles. The highest BCUT2D eigenvalue weighted by atomic mass is 16.5. The molecule has 2 heterocycles. The first-order chi connectivity index (χ1) is 14.7. The smallest absolute Gasteiger partial charge is 0.332 e. The van der Waals surface area contributed by atoms with Gasteiger partial charge in [-0.2, -0.15) is 4.98 Å². The number of aliphatic hydroxyl groups is 1. The average Bonchev–Trinajstić information content (AvgIpc) is 3.08. The molecule has 3 aromatic rings. The summed E-state index contributed by atoms with van der Waals surface area (Å²) >= 11 is 0. The lowest BCUT2D eigenvalue weighted by Gasteiger charge is -2.17. The second-order valence-electron chi connectivity index (χ2n) is 7.88. The van der Waals surface area contributed by atoms with Crippen LogP contribution in [0.2, 0.25) is 0 Å². The Kier molecular flexibility index (Phi) is 6.81. The summed E-state index contributed by atoms with van der Waals surface area (Å²) in [5.74, 6) is 1.12. The van der Waals surface area contributed by atoms with Crippen molar-refractivity contribution in [2.24, 2.45) is 14.1 Å². The van der Waals surface area contributed by atoms with Crippen LogP contribution in [-0.4, -0.2) is 68.6 Å². The van der Waals surface area contributed by atoms with Gasteiger partial charge in [-0.15, -0.1) is 0 Å². The molecule has 0 amide bonds. The second kappa shape index (κ2) is 9.36. The van der Waals surface area contributed by atoms with E-state index in [0.717, 1.165) is 16.7 Å². The van der Waals surface area contributed by atoms with Crippen LogP contribution in [0.1, 0.15) is 5.56 Å². The summed E-state index contributed by atoms with van der Waals surface area (Å²) in [6, 6.07) is 7.56. The highest BCUT2D eigenvalue weighted by molar-refractivity contribution is 5.74. The standard InChI is InChI=1S/C21H30N6O4/c1-14-8-6-7-9-16(14)31-13-15(28)12-27-17-18(23-20(27)22-10-11-24(2)3)25(4)21(30)26(5)19(17)29/h6-9,15,28H,10-13H2,1-5H3,(H,22,23)/t15-/m1/s1. The fourth-order valence-electron chi connectivity index (χ4n) is 3.32. The van der Waals surface area contributed by atoms with Crippen molar-refractivity contribution >= 4 is 17.1 Å². The molecule has 2 N–H and O–H groups in total. The van der Waals surface area contributed by atoms with Crippen molar-refractivity contribution in [3.63, 3.8) is 0 Å². The summed E-state index contributed by atoms with van der Waals surface area (Å²) < 4.78 is 9.76. The molecule has 0 saturated carbocycles. The number of imidazole rings is 1. The van der Waals surface area contributed by atoms with Gasteiger partial charge in [-0.1, -0.05) is 18.2 Å². The molecule has 0 bridgehead atoms. The molecule has 0 unspecified atom stereocenters. The molecule has 0 aliphatic carbocycles. The molecular formula is C21H30N6O4. The molecule has 10 nitrogen and oxygen atoms in total. The summed E-state index contributed by atoms with van der Waals surface area (Å²) in [6.45, 7) is 3.40. The quantitative estimate of drug-likeness (QED) is 0.498. The van der Waals surface area contributed by atoms with Crippen molar-refractivity contribution < 1.29 is 9.84 Å². The van der Waals surface area contributed by atoms with Gasteiger partial charge in [0.2, 0.25) is 5.95 Å². The van der Waals surface area contributed by atoms with Crippen LogP contribution in [-0.2, 0) is 20.6 Å². The Morgan fingerprint density at radius 1 is 1.19 bits per heavy atom. The van der Waals surface area contributed by atoms with E-state index in [9.17, 15) is 14.7 Å². The van der Waals surface area contributed by atoms with Gasteiger partial charge in [-0.3, -0.25) is 13.9 Å². The number of anilines is 1. The van der Waals surface area contributed by atoms with Gasteiger partial charge in [-0.05, 0) is 32.6 Å². The number of aryl methyl sites for hydroxylation is 2. The Morgan fingerprint density at radius 2 is 1.90 bits per heavy atom. The third-order valence-electron chi connectivity index (χ3n) is 5.11. The number of nitrogens with one attached hydrogen (secondary N) is 1. The molecule has 0 fully saturated rings. The molecule has 10 heteroatoms. The maximum Gasteiger partial charge on any atom is 0.332 e. The predicted octanol–water partition coefficient (Wildman–Crippen LogP) is 0.156. The van der Waals surface area contributed by atoms with Crippen molar-refractivity contribution in [3.05, 3.63) is 50.7 Å². The molecule has 3 rings (SSSR count). The van der Waals surface area contributed by atoms with E-state index in [1.807, 2.05) is 50.2 Å². The van der Waals surface area contributed by atoms with Crippen LogP contribution in [0.15, 0.2) is 33.9 Å². The molecule has 168 valence electrons. The Labute approximate surface area is 180 Å². The molecule has 31 heavy (non-hydrogen) atoms. The summed E-state index contributed by atoms with van der Waals surface area (Å²) in [6.07, 6.45) is -0.895. The van der Waals surface area contributed by atoms with Crippen molar-refractivity contribution in [2.45, 2.75) is 19.6 Å². The number of rotatable bonds is 9. The number of nitrogens with zero attached hydrogens (tertiary/aromatic N) is 5. The lowest BCUT2D eigenvalue weighted by molar-refractivity contribution is 0.0935. The molecule has 0 spiro atoms. The fraction of sp³-hybridized carbons (Fsp3) is 0.476. The first-order valence-electron chi connectivity index (χ1n) is 10.1. The topological polar surface area (TPSA) is 107 Å². The number of para-hydroxylation sites is 1. The van der Waals surface area contributed by atoms with Crippen molar-refractivity contribution in [2.75, 3.05) is 39.1 Å². The number of fused-ring (bicyclic) bond motifs is 1. The molecule has 0 saturated heterocycles. The van der Waals surface area contributed by atoms with Crippen LogP contribution in [0.25, 0.3) is 11.2 Å². The van der Waals surface area contributed by atoms with E-state index in [2.05, 4.69) is 10.3 Å². The fourth-order valence-corrected chi connectivity index (χ4v) is 3.32. The number of hydrogen-bond acceptors (Lipinski definition) is 7. The van der Waals surface area contributed by atoms with Crippen molar-refractivity contribution in [1.29, 1.82) is 0 Å². The van der Waals surface area contributed by atoms with E-state index in [1.165, 1.54) is 11.6 Å². The number of aliphatic hydroxyl groups excluding tert-OH is 1. The molecule has 1 atom stereocenters. The Hall–Kier alpha value is -3.11. The van der Waals surface area contributed by atoms with Gasteiger partial charge in [0.1, 0.15) is 18.5 Å². The number of aromatic nitrogens is 4. The van der Waals surface area contributed by atoms with Crippen molar-refractivity contribution in [1.82, 2.24) is 23.6 Å². The van der Waals surface area contributed by atoms with Crippen LogP contribution in [0.3, 0.4) is 0 Å². The maximum absolute atomic E-state index is 12.9. The predicted molar refractivity (Wildman–Crippen MR) is 120 cm³/mol. The average molecular weight is 431 g/mol. The lowest BCUT2D eigenvalue weighted by Crippen LogP contribution is -2.38. The van der Waals surface area contributed by atoms with Gasteiger partial charge in [0, 0.05) is 27.2 Å². The number of ether oxygens (including phenoxy) is 1. The summed E-state index contributed by atoms with van der Waals surface area (Å²) in [5.41, 5.74) is 0.584. The third kappa shape index (κ3) is 4.80. The number of hydrogen-bond donors (Lipinski definition) is 2. The van der Waals surface area contributed by atoms with Crippen LogP contribution >= 0.6 is 0 Å². The Balaban J connectivity index is 1.93. The summed E-state index contributed by atoms with van der Waals surface area (Å²) in [5, 5.41) is 13.9. The minimum absolute atomic E-state index is 0.0493. The van der Waals surface area contributed by atoms with Gasteiger partial charge in [-0.25, -0.2) is 4.79 Å². The summed E-state index contributed by atoms with van der Waals surface area (Å²) in [7, 11) is 6.91. The van der Waals surface area contributed by atoms with Crippen LogP contribution < -0.4 is 21.3 Å². The Bertz CT molecular complexity index is 1180. The highest BCUT2D eigenvalue weighted by Gasteiger charge is 2.21. The summed E-state index contributed by atoms with van der Waals surface area (Å²) in [4.78, 5) is 31.7. The zero-order valence-electron chi connectivity index (χ0n) is 18.6. The number of likely N-dealkylation sites (N-methyl/N-ethyl adjacent to an activating group) is 1. The van der Waals surface area contributed by atoms with E-state index >= 15 is 0 Å². The van der Waals surface area contributed by atoms with Gasteiger partial charge in [0.05, 0.1) is 6.54 Å². The zero-order valence-corrected chi connectivity index (χ0v) is 18.6. The lowest BCUT2D eigenvalue weighted by atomic mass is 10.2. The van der Waals surface area contributed by atoms with Gasteiger partial charge in [0.15, 0.2) is 11.2 Å². The minimum atomic E-state index is -0.895.